The number of amides is 1. The SMILES string of the molecule is COCCNC(=O)c1cnc(Nc2ccc(Cl)cc2Cl)nc1. The van der Waals surface area contributed by atoms with Gasteiger partial charge in [0.05, 0.1) is 22.9 Å². The van der Waals surface area contributed by atoms with Crippen molar-refractivity contribution in [2.75, 3.05) is 25.6 Å². The van der Waals surface area contributed by atoms with Crippen molar-refractivity contribution in [1.29, 1.82) is 0 Å². The van der Waals surface area contributed by atoms with Crippen molar-refractivity contribution in [2.45, 2.75) is 0 Å². The van der Waals surface area contributed by atoms with Gasteiger partial charge in [-0.25, -0.2) is 9.97 Å². The third kappa shape index (κ3) is 4.56. The highest BCUT2D eigenvalue weighted by Gasteiger charge is 2.08. The van der Waals surface area contributed by atoms with Gasteiger partial charge in [-0.2, -0.15) is 0 Å². The van der Waals surface area contributed by atoms with Crippen molar-refractivity contribution in [3.63, 3.8) is 0 Å². The Balaban J connectivity index is 2.01. The van der Waals surface area contributed by atoms with Crippen LogP contribution in [0.5, 0.6) is 0 Å². The number of hydrogen-bond donors (Lipinski definition) is 2. The summed E-state index contributed by atoms with van der Waals surface area (Å²) in [6, 6.07) is 5.04. The number of hydrogen-bond acceptors (Lipinski definition) is 5. The molecule has 0 atom stereocenters. The largest absolute Gasteiger partial charge is 0.383 e. The van der Waals surface area contributed by atoms with E-state index in [-0.39, 0.29) is 5.91 Å². The molecule has 2 rings (SSSR count). The molecular weight excluding hydrogens is 327 g/mol. The average molecular weight is 341 g/mol. The van der Waals surface area contributed by atoms with Gasteiger partial charge in [-0.15, -0.1) is 0 Å². The molecule has 0 unspecified atom stereocenters. The number of nitrogens with one attached hydrogen (secondary N) is 2. The number of methoxy groups -OCH3 is 1. The Labute approximate surface area is 137 Å². The molecule has 8 heteroatoms. The third-order valence-electron chi connectivity index (χ3n) is 2.68. The minimum atomic E-state index is -0.256. The molecule has 2 aromatic rings. The first-order valence-electron chi connectivity index (χ1n) is 6.41. The first-order chi connectivity index (χ1) is 10.6. The highest BCUT2D eigenvalue weighted by atomic mass is 35.5. The minimum Gasteiger partial charge on any atom is -0.383 e. The molecule has 0 spiro atoms. The van der Waals surface area contributed by atoms with Crippen molar-refractivity contribution >= 4 is 40.7 Å². The summed E-state index contributed by atoms with van der Waals surface area (Å²) in [5, 5.41) is 6.63. The van der Waals surface area contributed by atoms with Crippen molar-refractivity contribution in [2.24, 2.45) is 0 Å². The maximum atomic E-state index is 11.8. The van der Waals surface area contributed by atoms with E-state index in [1.54, 1.807) is 25.3 Å². The van der Waals surface area contributed by atoms with Crippen molar-refractivity contribution in [3.05, 3.63) is 46.2 Å². The van der Waals surface area contributed by atoms with Gasteiger partial charge < -0.3 is 15.4 Å². The van der Waals surface area contributed by atoms with E-state index in [0.29, 0.717) is 40.4 Å². The summed E-state index contributed by atoms with van der Waals surface area (Å²) in [5.41, 5.74) is 0.993. The summed E-state index contributed by atoms with van der Waals surface area (Å²) < 4.78 is 4.86. The molecule has 116 valence electrons. The van der Waals surface area contributed by atoms with Crippen LogP contribution >= 0.6 is 23.2 Å². The highest BCUT2D eigenvalue weighted by molar-refractivity contribution is 6.36. The van der Waals surface area contributed by atoms with Gasteiger partial charge in [0.25, 0.3) is 5.91 Å². The number of carbonyl (C=O) groups excluding carboxylic acids is 1. The monoisotopic (exact) mass is 340 g/mol. The molecule has 0 fully saturated rings. The number of benzene rings is 1. The van der Waals surface area contributed by atoms with E-state index in [9.17, 15) is 4.79 Å². The van der Waals surface area contributed by atoms with Gasteiger partial charge in [0.15, 0.2) is 0 Å². The van der Waals surface area contributed by atoms with Crippen molar-refractivity contribution in [3.8, 4) is 0 Å². The normalized spacial score (nSPS) is 10.3. The Kier molecular flexibility index (Phi) is 5.94. The van der Waals surface area contributed by atoms with E-state index in [4.69, 9.17) is 27.9 Å². The summed E-state index contributed by atoms with van der Waals surface area (Å²) in [5.74, 6) is 0.0748. The summed E-state index contributed by atoms with van der Waals surface area (Å²) in [6.07, 6.45) is 2.86. The van der Waals surface area contributed by atoms with Gasteiger partial charge >= 0.3 is 0 Å². The predicted octanol–water partition coefficient (Wildman–Crippen LogP) is 2.90. The predicted molar refractivity (Wildman–Crippen MR) is 86.0 cm³/mol. The molecule has 0 aliphatic carbocycles. The lowest BCUT2D eigenvalue weighted by Gasteiger charge is -2.08. The van der Waals surface area contributed by atoms with Crippen LogP contribution in [0.4, 0.5) is 11.6 Å². The van der Waals surface area contributed by atoms with Crippen LogP contribution in [-0.2, 0) is 4.74 Å². The second kappa shape index (κ2) is 7.93. The zero-order chi connectivity index (χ0) is 15.9. The Morgan fingerprint density at radius 2 is 2.00 bits per heavy atom. The smallest absolute Gasteiger partial charge is 0.254 e. The highest BCUT2D eigenvalue weighted by Crippen LogP contribution is 2.26. The summed E-state index contributed by atoms with van der Waals surface area (Å²) in [4.78, 5) is 19.9. The molecular formula is C14H14Cl2N4O2. The number of ether oxygens (including phenoxy) is 1. The lowest BCUT2D eigenvalue weighted by atomic mass is 10.3. The Hall–Kier alpha value is -1.89. The fourth-order valence-electron chi connectivity index (χ4n) is 1.59. The minimum absolute atomic E-state index is 0.256. The van der Waals surface area contributed by atoms with Crippen molar-refractivity contribution < 1.29 is 9.53 Å². The molecule has 0 saturated heterocycles. The van der Waals surface area contributed by atoms with Gasteiger partial charge in [-0.05, 0) is 18.2 Å². The number of halogens is 2. The molecule has 0 saturated carbocycles. The summed E-state index contributed by atoms with van der Waals surface area (Å²) in [7, 11) is 1.57. The molecule has 22 heavy (non-hydrogen) atoms. The van der Waals surface area contributed by atoms with Crippen LogP contribution in [0.3, 0.4) is 0 Å². The molecule has 6 nitrogen and oxygen atoms in total. The van der Waals surface area contributed by atoms with Gasteiger partial charge in [-0.3, -0.25) is 4.79 Å². The Morgan fingerprint density at radius 1 is 1.27 bits per heavy atom. The Bertz CT molecular complexity index is 650. The third-order valence-corrected chi connectivity index (χ3v) is 3.23. The zero-order valence-corrected chi connectivity index (χ0v) is 13.3. The Morgan fingerprint density at radius 3 is 2.64 bits per heavy atom. The molecule has 1 amide bonds. The lowest BCUT2D eigenvalue weighted by molar-refractivity contribution is 0.0936. The molecule has 0 bridgehead atoms. The summed E-state index contributed by atoms with van der Waals surface area (Å²) >= 11 is 11.9. The maximum Gasteiger partial charge on any atom is 0.254 e. The van der Waals surface area contributed by atoms with Gasteiger partial charge in [0.1, 0.15) is 0 Å². The molecule has 1 aromatic carbocycles. The van der Waals surface area contributed by atoms with E-state index < -0.39 is 0 Å². The van der Waals surface area contributed by atoms with E-state index >= 15 is 0 Å². The van der Waals surface area contributed by atoms with Crippen LogP contribution in [0.15, 0.2) is 30.6 Å². The average Bonchev–Trinajstić information content (AvgIpc) is 2.51. The molecule has 2 N–H and O–H groups in total. The van der Waals surface area contributed by atoms with E-state index in [0.717, 1.165) is 0 Å². The summed E-state index contributed by atoms with van der Waals surface area (Å²) in [6.45, 7) is 0.872. The maximum absolute atomic E-state index is 11.8. The quantitative estimate of drug-likeness (QED) is 0.790. The van der Waals surface area contributed by atoms with Crippen LogP contribution in [0.1, 0.15) is 10.4 Å². The second-order valence-corrected chi connectivity index (χ2v) is 5.14. The van der Waals surface area contributed by atoms with E-state index in [1.807, 2.05) is 0 Å². The second-order valence-electron chi connectivity index (χ2n) is 4.29. The fourth-order valence-corrected chi connectivity index (χ4v) is 2.05. The first kappa shape index (κ1) is 16.5. The first-order valence-corrected chi connectivity index (χ1v) is 7.17. The topological polar surface area (TPSA) is 76.1 Å². The molecule has 1 aromatic heterocycles. The number of carbonyl (C=O) groups is 1. The molecule has 0 aliphatic rings. The number of nitrogens with zero attached hydrogens (tertiary/aromatic N) is 2. The number of rotatable bonds is 6. The lowest BCUT2D eigenvalue weighted by Crippen LogP contribution is -2.27. The van der Waals surface area contributed by atoms with Crippen LogP contribution in [0.25, 0.3) is 0 Å². The van der Waals surface area contributed by atoms with Crippen molar-refractivity contribution in [1.82, 2.24) is 15.3 Å². The van der Waals surface area contributed by atoms with Crippen LogP contribution in [-0.4, -0.2) is 36.1 Å². The van der Waals surface area contributed by atoms with E-state index in [1.165, 1.54) is 12.4 Å². The molecule has 1 heterocycles. The van der Waals surface area contributed by atoms with Gasteiger partial charge in [-0.1, -0.05) is 23.2 Å². The van der Waals surface area contributed by atoms with Crippen LogP contribution in [0.2, 0.25) is 10.0 Å². The molecule has 0 aliphatic heterocycles. The van der Waals surface area contributed by atoms with Gasteiger partial charge in [0, 0.05) is 31.1 Å². The van der Waals surface area contributed by atoms with E-state index in [2.05, 4.69) is 20.6 Å². The molecule has 0 radical (unpaired) electrons. The van der Waals surface area contributed by atoms with Crippen LogP contribution < -0.4 is 10.6 Å². The van der Waals surface area contributed by atoms with Gasteiger partial charge in [0.2, 0.25) is 5.95 Å². The number of anilines is 2. The zero-order valence-electron chi connectivity index (χ0n) is 11.8. The standard InChI is InChI=1S/C14H14Cl2N4O2/c1-22-5-4-17-13(21)9-7-18-14(19-8-9)20-12-3-2-10(15)6-11(12)16/h2-3,6-8H,4-5H2,1H3,(H,17,21)(H,18,19,20). The number of aromatic nitrogens is 2. The fraction of sp³-hybridized carbons (Fsp3) is 0.214. The van der Waals surface area contributed by atoms with Crippen LogP contribution in [0, 0.1) is 0 Å².